The second-order valence-electron chi connectivity index (χ2n) is 8.26. The van der Waals surface area contributed by atoms with Gasteiger partial charge in [0.1, 0.15) is 5.75 Å². The summed E-state index contributed by atoms with van der Waals surface area (Å²) in [5.74, 6) is 0.511. The molecule has 5 nitrogen and oxygen atoms in total. The van der Waals surface area contributed by atoms with Gasteiger partial charge in [0.15, 0.2) is 5.13 Å². The van der Waals surface area contributed by atoms with Crippen LogP contribution in [0.25, 0.3) is 21.0 Å². The smallest absolute Gasteiger partial charge is 0.264 e. The molecule has 1 unspecified atom stereocenters. The summed E-state index contributed by atoms with van der Waals surface area (Å²) in [6.07, 6.45) is 2.88. The number of thiazole rings is 1. The number of nitrogens with zero attached hydrogens (tertiary/aromatic N) is 2. The Labute approximate surface area is 198 Å². The third-order valence-electron chi connectivity index (χ3n) is 6.16. The van der Waals surface area contributed by atoms with Crippen LogP contribution in [0.5, 0.6) is 5.75 Å². The zero-order valence-electron chi connectivity index (χ0n) is 19.0. The minimum absolute atomic E-state index is 0.0112. The molecule has 4 aromatic rings. The molecule has 1 fully saturated rings. The summed E-state index contributed by atoms with van der Waals surface area (Å²) in [6.45, 7) is 5.78. The topological polar surface area (TPSA) is 51.7 Å². The number of carbonyl (C=O) groups is 1. The average Bonchev–Trinajstić information content (AvgIpc) is 3.51. The lowest BCUT2D eigenvalue weighted by Gasteiger charge is -2.25. The number of hydrogen-bond acceptors (Lipinski definition) is 5. The van der Waals surface area contributed by atoms with Gasteiger partial charge in [0.2, 0.25) is 0 Å². The Morgan fingerprint density at radius 2 is 2.03 bits per heavy atom. The van der Waals surface area contributed by atoms with Crippen LogP contribution in [0, 0.1) is 0 Å². The maximum absolute atomic E-state index is 14.2. The molecular formula is C27H28N2O3S. The zero-order valence-corrected chi connectivity index (χ0v) is 19.9. The van der Waals surface area contributed by atoms with Crippen molar-refractivity contribution in [2.24, 2.45) is 0 Å². The number of aromatic nitrogens is 1. The Hall–Kier alpha value is -2.96. The first-order valence-electron chi connectivity index (χ1n) is 11.7. The minimum atomic E-state index is -0.0946. The lowest BCUT2D eigenvalue weighted by Crippen LogP contribution is -2.37. The summed E-state index contributed by atoms with van der Waals surface area (Å²) < 4.78 is 12.9. The SMILES string of the molecule is CCOc1ccc2ccccc2c1C(=O)N(CC1CCCO1)c1nc2c(CC)cccc2s1. The maximum atomic E-state index is 14.2. The monoisotopic (exact) mass is 460 g/mol. The van der Waals surface area contributed by atoms with Crippen molar-refractivity contribution in [3.8, 4) is 5.75 Å². The number of hydrogen-bond donors (Lipinski definition) is 0. The van der Waals surface area contributed by atoms with Crippen LogP contribution >= 0.6 is 11.3 Å². The van der Waals surface area contributed by atoms with E-state index in [-0.39, 0.29) is 12.0 Å². The number of aryl methyl sites for hydroxylation is 1. The number of rotatable bonds is 7. The van der Waals surface area contributed by atoms with Crippen molar-refractivity contribution in [1.29, 1.82) is 0 Å². The van der Waals surface area contributed by atoms with E-state index >= 15 is 0 Å². The first-order valence-corrected chi connectivity index (χ1v) is 12.5. The standard InChI is InChI=1S/C27H28N2O3S/c1-3-18-10-7-13-23-25(18)28-27(33-23)29(17-20-11-8-16-32-20)26(30)24-21-12-6-5-9-19(21)14-15-22(24)31-4-2/h5-7,9-10,12-15,20H,3-4,8,11,16-17H2,1-2H3. The minimum Gasteiger partial charge on any atom is -0.493 e. The quantitative estimate of drug-likeness (QED) is 0.328. The zero-order chi connectivity index (χ0) is 22.8. The van der Waals surface area contributed by atoms with Gasteiger partial charge in [-0.05, 0) is 54.7 Å². The Balaban J connectivity index is 1.65. The highest BCUT2D eigenvalue weighted by Gasteiger charge is 2.30. The van der Waals surface area contributed by atoms with Crippen molar-refractivity contribution in [3.05, 3.63) is 65.7 Å². The van der Waals surface area contributed by atoms with Crippen molar-refractivity contribution >= 4 is 43.4 Å². The van der Waals surface area contributed by atoms with Crippen LogP contribution < -0.4 is 9.64 Å². The van der Waals surface area contributed by atoms with Gasteiger partial charge in [0.25, 0.3) is 5.91 Å². The van der Waals surface area contributed by atoms with E-state index in [0.29, 0.717) is 29.6 Å². The van der Waals surface area contributed by atoms with Crippen LogP contribution in [0.1, 0.15) is 42.6 Å². The fraction of sp³-hybridized carbons (Fsp3) is 0.333. The van der Waals surface area contributed by atoms with E-state index in [4.69, 9.17) is 14.5 Å². The molecule has 1 aliphatic heterocycles. The van der Waals surface area contributed by atoms with Gasteiger partial charge in [-0.3, -0.25) is 9.69 Å². The molecule has 1 amide bonds. The van der Waals surface area contributed by atoms with Gasteiger partial charge >= 0.3 is 0 Å². The Morgan fingerprint density at radius 3 is 2.82 bits per heavy atom. The molecule has 0 aliphatic carbocycles. The Bertz CT molecular complexity index is 1290. The van der Waals surface area contributed by atoms with Gasteiger partial charge in [-0.15, -0.1) is 0 Å². The predicted molar refractivity (Wildman–Crippen MR) is 135 cm³/mol. The number of anilines is 1. The first-order chi connectivity index (χ1) is 16.2. The number of para-hydroxylation sites is 1. The van der Waals surface area contributed by atoms with Crippen LogP contribution in [0.3, 0.4) is 0 Å². The summed E-state index contributed by atoms with van der Waals surface area (Å²) in [5, 5.41) is 2.61. The summed E-state index contributed by atoms with van der Waals surface area (Å²) in [4.78, 5) is 21.0. The van der Waals surface area contributed by atoms with Gasteiger partial charge in [-0.2, -0.15) is 0 Å². The second kappa shape index (κ2) is 9.49. The maximum Gasteiger partial charge on any atom is 0.264 e. The number of amides is 1. The third-order valence-corrected chi connectivity index (χ3v) is 7.21. The average molecular weight is 461 g/mol. The number of benzene rings is 3. The van der Waals surface area contributed by atoms with Crippen molar-refractivity contribution in [1.82, 2.24) is 4.98 Å². The van der Waals surface area contributed by atoms with Gasteiger partial charge < -0.3 is 9.47 Å². The summed E-state index contributed by atoms with van der Waals surface area (Å²) in [7, 11) is 0. The van der Waals surface area contributed by atoms with E-state index in [1.165, 1.54) is 5.56 Å². The molecule has 0 spiro atoms. The second-order valence-corrected chi connectivity index (χ2v) is 9.27. The molecule has 170 valence electrons. The molecule has 0 radical (unpaired) electrons. The highest BCUT2D eigenvalue weighted by Crippen LogP contribution is 2.36. The van der Waals surface area contributed by atoms with E-state index in [0.717, 1.165) is 46.9 Å². The number of ether oxygens (including phenoxy) is 2. The van der Waals surface area contributed by atoms with Gasteiger partial charge in [0, 0.05) is 6.61 Å². The molecule has 2 heterocycles. The molecule has 1 aliphatic rings. The van der Waals surface area contributed by atoms with Crippen LogP contribution in [-0.2, 0) is 11.2 Å². The molecule has 3 aromatic carbocycles. The lowest BCUT2D eigenvalue weighted by atomic mass is 10.0. The van der Waals surface area contributed by atoms with E-state index in [2.05, 4.69) is 25.1 Å². The van der Waals surface area contributed by atoms with Crippen molar-refractivity contribution in [3.63, 3.8) is 0 Å². The van der Waals surface area contributed by atoms with Gasteiger partial charge in [-0.1, -0.05) is 60.7 Å². The fourth-order valence-corrected chi connectivity index (χ4v) is 5.54. The van der Waals surface area contributed by atoms with Crippen LogP contribution in [0.2, 0.25) is 0 Å². The van der Waals surface area contributed by atoms with Crippen LogP contribution in [-0.4, -0.2) is 36.8 Å². The summed E-state index contributed by atoms with van der Waals surface area (Å²) in [5.41, 5.74) is 2.76. The van der Waals surface area contributed by atoms with Crippen LogP contribution in [0.4, 0.5) is 5.13 Å². The Kier molecular flexibility index (Phi) is 6.29. The Morgan fingerprint density at radius 1 is 1.15 bits per heavy atom. The molecular weight excluding hydrogens is 432 g/mol. The van der Waals surface area contributed by atoms with E-state index in [1.54, 1.807) is 11.3 Å². The van der Waals surface area contributed by atoms with Gasteiger partial charge in [0.05, 0.1) is 35.0 Å². The summed E-state index contributed by atoms with van der Waals surface area (Å²) in [6, 6.07) is 18.1. The highest BCUT2D eigenvalue weighted by atomic mass is 32.1. The van der Waals surface area contributed by atoms with E-state index in [9.17, 15) is 4.79 Å². The molecule has 0 bridgehead atoms. The van der Waals surface area contributed by atoms with Crippen molar-refractivity contribution < 1.29 is 14.3 Å². The molecule has 33 heavy (non-hydrogen) atoms. The first kappa shape index (κ1) is 21.9. The molecule has 1 saturated heterocycles. The van der Waals surface area contributed by atoms with E-state index < -0.39 is 0 Å². The van der Waals surface area contributed by atoms with E-state index in [1.807, 2.05) is 48.2 Å². The number of carbonyl (C=O) groups excluding carboxylic acids is 1. The van der Waals surface area contributed by atoms with Gasteiger partial charge in [-0.25, -0.2) is 4.98 Å². The summed E-state index contributed by atoms with van der Waals surface area (Å²) >= 11 is 1.56. The highest BCUT2D eigenvalue weighted by molar-refractivity contribution is 7.22. The fourth-order valence-electron chi connectivity index (χ4n) is 4.52. The van der Waals surface area contributed by atoms with Crippen molar-refractivity contribution in [2.45, 2.75) is 39.2 Å². The predicted octanol–water partition coefficient (Wildman–Crippen LogP) is 6.24. The van der Waals surface area contributed by atoms with Crippen molar-refractivity contribution in [2.75, 3.05) is 24.7 Å². The molecule has 6 heteroatoms. The molecule has 0 N–H and O–H groups in total. The molecule has 1 aromatic heterocycles. The molecule has 5 rings (SSSR count). The molecule has 1 atom stereocenters. The number of fused-ring (bicyclic) bond motifs is 2. The van der Waals surface area contributed by atoms with Crippen LogP contribution in [0.15, 0.2) is 54.6 Å². The lowest BCUT2D eigenvalue weighted by molar-refractivity contribution is 0.0916. The largest absolute Gasteiger partial charge is 0.493 e. The third kappa shape index (κ3) is 4.21. The molecule has 0 saturated carbocycles. The normalized spacial score (nSPS) is 15.9.